The maximum Gasteiger partial charge on any atom is 0.239 e. The van der Waals surface area contributed by atoms with Crippen molar-refractivity contribution in [1.82, 2.24) is 24.7 Å². The minimum Gasteiger partial charge on any atom is -0.367 e. The topological polar surface area (TPSA) is 82.5 Å². The molecule has 14 heavy (non-hydrogen) atoms. The molecule has 0 radical (unpaired) electrons. The zero-order valence-electron chi connectivity index (χ0n) is 7.75. The van der Waals surface area contributed by atoms with E-state index in [0.717, 1.165) is 11.4 Å². The molecule has 0 aliphatic heterocycles. The zero-order valence-corrected chi connectivity index (χ0v) is 7.75. The van der Waals surface area contributed by atoms with E-state index in [0.29, 0.717) is 6.54 Å². The van der Waals surface area contributed by atoms with Gasteiger partial charge in [0.1, 0.15) is 6.33 Å². The van der Waals surface area contributed by atoms with Crippen LogP contribution < -0.4 is 5.73 Å². The van der Waals surface area contributed by atoms with Crippen LogP contribution in [-0.2, 0) is 6.54 Å². The van der Waals surface area contributed by atoms with E-state index in [4.69, 9.17) is 5.73 Å². The molecule has 0 spiro atoms. The Balaban J connectivity index is 2.15. The number of nitrogens with zero attached hydrogens (tertiary/aromatic N) is 5. The molecule has 0 aliphatic carbocycles. The van der Waals surface area contributed by atoms with Crippen molar-refractivity contribution < 1.29 is 0 Å². The summed E-state index contributed by atoms with van der Waals surface area (Å²) in [5, 5.41) is 3.94. The molecule has 0 saturated carbocycles. The molecule has 0 bridgehead atoms. The fourth-order valence-corrected chi connectivity index (χ4v) is 1.05. The van der Waals surface area contributed by atoms with Crippen LogP contribution in [0.5, 0.6) is 0 Å². The molecule has 0 saturated heterocycles. The average molecular weight is 190 g/mol. The zero-order chi connectivity index (χ0) is 9.97. The second-order valence-corrected chi connectivity index (χ2v) is 2.95. The molecule has 0 unspecified atom stereocenters. The summed E-state index contributed by atoms with van der Waals surface area (Å²) in [6.45, 7) is 2.43. The van der Waals surface area contributed by atoms with Crippen molar-refractivity contribution in [3.63, 3.8) is 0 Å². The summed E-state index contributed by atoms with van der Waals surface area (Å²) in [5.41, 5.74) is 7.11. The summed E-state index contributed by atoms with van der Waals surface area (Å²) in [7, 11) is 0. The van der Waals surface area contributed by atoms with Gasteiger partial charge in [0.15, 0.2) is 0 Å². The van der Waals surface area contributed by atoms with Gasteiger partial charge in [0, 0.05) is 6.20 Å². The molecule has 2 rings (SSSR count). The third-order valence-corrected chi connectivity index (χ3v) is 1.71. The van der Waals surface area contributed by atoms with E-state index in [2.05, 4.69) is 20.1 Å². The van der Waals surface area contributed by atoms with Crippen LogP contribution in [0.3, 0.4) is 0 Å². The molecule has 2 aromatic heterocycles. The summed E-state index contributed by atoms with van der Waals surface area (Å²) in [6, 6.07) is 0. The van der Waals surface area contributed by atoms with Crippen molar-refractivity contribution in [3.8, 4) is 0 Å². The van der Waals surface area contributed by atoms with Crippen molar-refractivity contribution >= 4 is 5.95 Å². The van der Waals surface area contributed by atoms with Crippen molar-refractivity contribution in [2.24, 2.45) is 0 Å². The molecular weight excluding hydrogens is 180 g/mol. The highest BCUT2D eigenvalue weighted by Crippen LogP contribution is 1.98. The first kappa shape index (κ1) is 8.61. The van der Waals surface area contributed by atoms with Crippen molar-refractivity contribution in [2.75, 3.05) is 5.73 Å². The number of rotatable bonds is 2. The van der Waals surface area contributed by atoms with Crippen LogP contribution in [0.25, 0.3) is 0 Å². The maximum absolute atomic E-state index is 5.38. The van der Waals surface area contributed by atoms with Crippen molar-refractivity contribution in [1.29, 1.82) is 0 Å². The Labute approximate surface area is 80.8 Å². The number of aromatic nitrogens is 5. The highest BCUT2D eigenvalue weighted by atomic mass is 15.4. The molecule has 2 heterocycles. The largest absolute Gasteiger partial charge is 0.367 e. The Morgan fingerprint density at radius 2 is 2.14 bits per heavy atom. The number of hydrogen-bond donors (Lipinski definition) is 1. The number of hydrogen-bond acceptors (Lipinski definition) is 5. The minimum absolute atomic E-state index is 0.269. The Morgan fingerprint density at radius 3 is 2.71 bits per heavy atom. The second-order valence-electron chi connectivity index (χ2n) is 2.95. The lowest BCUT2D eigenvalue weighted by Gasteiger charge is -1.99. The molecule has 72 valence electrons. The smallest absolute Gasteiger partial charge is 0.239 e. The Bertz CT molecular complexity index is 418. The maximum atomic E-state index is 5.38. The van der Waals surface area contributed by atoms with E-state index in [-0.39, 0.29) is 5.95 Å². The van der Waals surface area contributed by atoms with E-state index >= 15 is 0 Å². The number of nitrogen functional groups attached to an aromatic ring is 1. The SMILES string of the molecule is Cc1cnc(Cn2cnc(N)n2)cn1. The molecule has 6 heteroatoms. The standard InChI is InChI=1S/C8H10N6/c1-6-2-11-7(3-10-6)4-14-5-12-8(9)13-14/h2-3,5H,4H2,1H3,(H2,9,13). The highest BCUT2D eigenvalue weighted by Gasteiger charge is 1.99. The fourth-order valence-electron chi connectivity index (χ4n) is 1.05. The van der Waals surface area contributed by atoms with Crippen molar-refractivity contribution in [2.45, 2.75) is 13.5 Å². The van der Waals surface area contributed by atoms with Crippen LogP contribution in [0.2, 0.25) is 0 Å². The number of nitrogens with two attached hydrogens (primary N) is 1. The quantitative estimate of drug-likeness (QED) is 0.721. The predicted octanol–water partition coefficient (Wildman–Crippen LogP) is 0.00702. The van der Waals surface area contributed by atoms with E-state index in [1.165, 1.54) is 0 Å². The van der Waals surface area contributed by atoms with Gasteiger partial charge in [-0.25, -0.2) is 9.67 Å². The lowest BCUT2D eigenvalue weighted by Crippen LogP contribution is -2.03. The lowest BCUT2D eigenvalue weighted by atomic mass is 10.4. The Morgan fingerprint density at radius 1 is 1.29 bits per heavy atom. The molecule has 0 fully saturated rings. The minimum atomic E-state index is 0.269. The normalized spacial score (nSPS) is 10.4. The lowest BCUT2D eigenvalue weighted by molar-refractivity contribution is 0.669. The Hall–Kier alpha value is -1.98. The predicted molar refractivity (Wildman–Crippen MR) is 50.3 cm³/mol. The molecule has 2 aromatic rings. The van der Waals surface area contributed by atoms with Crippen LogP contribution in [-0.4, -0.2) is 24.7 Å². The van der Waals surface area contributed by atoms with Gasteiger partial charge in [-0.05, 0) is 6.92 Å². The van der Waals surface area contributed by atoms with Gasteiger partial charge in [0.05, 0.1) is 24.1 Å². The summed E-state index contributed by atoms with van der Waals surface area (Å²) in [6.07, 6.45) is 5.00. The van der Waals surface area contributed by atoms with Crippen LogP contribution in [0.4, 0.5) is 5.95 Å². The first-order valence-electron chi connectivity index (χ1n) is 4.16. The molecule has 2 N–H and O–H groups in total. The highest BCUT2D eigenvalue weighted by molar-refractivity contribution is 5.10. The summed E-state index contributed by atoms with van der Waals surface area (Å²) in [4.78, 5) is 12.1. The van der Waals surface area contributed by atoms with Crippen LogP contribution in [0.15, 0.2) is 18.7 Å². The van der Waals surface area contributed by atoms with Crippen LogP contribution >= 0.6 is 0 Å². The molecule has 0 aliphatic rings. The van der Waals surface area contributed by atoms with Gasteiger partial charge in [-0.3, -0.25) is 9.97 Å². The van der Waals surface area contributed by atoms with E-state index in [1.807, 2.05) is 6.92 Å². The van der Waals surface area contributed by atoms with Gasteiger partial charge in [0.2, 0.25) is 5.95 Å². The second kappa shape index (κ2) is 3.41. The summed E-state index contributed by atoms with van der Waals surface area (Å²) >= 11 is 0. The Kier molecular flexibility index (Phi) is 2.10. The number of anilines is 1. The first-order chi connectivity index (χ1) is 6.74. The van der Waals surface area contributed by atoms with E-state index in [9.17, 15) is 0 Å². The van der Waals surface area contributed by atoms with Crippen LogP contribution in [0, 0.1) is 6.92 Å². The molecular formula is C8H10N6. The summed E-state index contributed by atoms with van der Waals surface area (Å²) in [5.74, 6) is 0.269. The van der Waals surface area contributed by atoms with Crippen LogP contribution in [0.1, 0.15) is 11.4 Å². The fraction of sp³-hybridized carbons (Fsp3) is 0.250. The van der Waals surface area contributed by atoms with Gasteiger partial charge < -0.3 is 5.73 Å². The average Bonchev–Trinajstić information content (AvgIpc) is 2.56. The van der Waals surface area contributed by atoms with Gasteiger partial charge >= 0.3 is 0 Å². The van der Waals surface area contributed by atoms with E-state index in [1.54, 1.807) is 23.4 Å². The third kappa shape index (κ3) is 1.85. The van der Waals surface area contributed by atoms with Gasteiger partial charge in [0.25, 0.3) is 0 Å². The summed E-state index contributed by atoms with van der Waals surface area (Å²) < 4.78 is 1.62. The first-order valence-corrected chi connectivity index (χ1v) is 4.16. The third-order valence-electron chi connectivity index (χ3n) is 1.71. The molecule has 0 amide bonds. The van der Waals surface area contributed by atoms with Gasteiger partial charge in [-0.1, -0.05) is 0 Å². The van der Waals surface area contributed by atoms with Gasteiger partial charge in [-0.2, -0.15) is 0 Å². The monoisotopic (exact) mass is 190 g/mol. The number of aryl methyl sites for hydroxylation is 1. The molecule has 0 aromatic carbocycles. The van der Waals surface area contributed by atoms with E-state index < -0.39 is 0 Å². The van der Waals surface area contributed by atoms with Gasteiger partial charge in [-0.15, -0.1) is 5.10 Å². The molecule has 6 nitrogen and oxygen atoms in total. The van der Waals surface area contributed by atoms with Crippen molar-refractivity contribution in [3.05, 3.63) is 30.1 Å². The molecule has 0 atom stereocenters.